The van der Waals surface area contributed by atoms with Crippen molar-refractivity contribution in [2.75, 3.05) is 5.32 Å². The van der Waals surface area contributed by atoms with Crippen LogP contribution in [0.4, 0.5) is 25.6 Å². The maximum atomic E-state index is 14.7. The molecule has 2 heterocycles. The fourth-order valence-corrected chi connectivity index (χ4v) is 4.94. The van der Waals surface area contributed by atoms with Crippen LogP contribution in [0.2, 0.25) is 0 Å². The van der Waals surface area contributed by atoms with Gasteiger partial charge in [-0.05, 0) is 76.1 Å². The first-order valence-electron chi connectivity index (χ1n) is 12.2. The fraction of sp³-hybridized carbons (Fsp3) is 0.400. The average molecular weight is 561 g/mol. The molecule has 12 nitrogen and oxygen atoms in total. The molecule has 14 heteroatoms. The summed E-state index contributed by atoms with van der Waals surface area (Å²) in [7, 11) is -4.34. The van der Waals surface area contributed by atoms with E-state index in [-0.39, 0.29) is 23.7 Å². The minimum Gasteiger partial charge on any atom is -0.446 e. The summed E-state index contributed by atoms with van der Waals surface area (Å²) in [4.78, 5) is 35.8. The summed E-state index contributed by atoms with van der Waals surface area (Å²) in [5.74, 6) is -0.553. The van der Waals surface area contributed by atoms with Crippen LogP contribution >= 0.6 is 0 Å². The predicted octanol–water partition coefficient (Wildman–Crippen LogP) is 4.48. The summed E-state index contributed by atoms with van der Waals surface area (Å²) in [6.45, 7) is 4.76. The topological polar surface area (TPSA) is 154 Å². The van der Waals surface area contributed by atoms with Gasteiger partial charge in [0.25, 0.3) is 10.0 Å². The lowest BCUT2D eigenvalue weighted by Crippen LogP contribution is -2.36. The van der Waals surface area contributed by atoms with Crippen molar-refractivity contribution in [2.45, 2.75) is 69.0 Å². The van der Waals surface area contributed by atoms with Crippen LogP contribution in [-0.4, -0.2) is 51.8 Å². The number of carbonyl (C=O) groups excluding carboxylic acids is 2. The third-order valence-electron chi connectivity index (χ3n) is 5.91. The highest BCUT2D eigenvalue weighted by atomic mass is 32.2. The number of imidazole rings is 1. The molecule has 2 aromatic heterocycles. The van der Waals surface area contributed by atoms with Gasteiger partial charge in [0, 0.05) is 24.8 Å². The Morgan fingerprint density at radius 1 is 1.10 bits per heavy atom. The first kappa shape index (κ1) is 28.0. The molecule has 0 spiro atoms. The molecule has 0 aliphatic heterocycles. The van der Waals surface area contributed by atoms with E-state index in [4.69, 9.17) is 9.47 Å². The molecular formula is C25H29FN6O6S. The SMILES string of the molecule is CC(C)(C)OC(=O)NS(=O)(=O)c1ccc(Nc2ncc(C3CCC(OC(=O)n4ccnc4)CC3)cn2)c(F)c1. The van der Waals surface area contributed by atoms with E-state index in [1.165, 1.54) is 29.4 Å². The van der Waals surface area contributed by atoms with Crippen molar-refractivity contribution in [1.82, 2.24) is 24.2 Å². The van der Waals surface area contributed by atoms with Gasteiger partial charge < -0.3 is 14.8 Å². The van der Waals surface area contributed by atoms with Crippen molar-refractivity contribution >= 4 is 33.8 Å². The number of hydrogen-bond donors (Lipinski definition) is 2. The molecule has 1 fully saturated rings. The zero-order valence-electron chi connectivity index (χ0n) is 21.6. The van der Waals surface area contributed by atoms with Gasteiger partial charge in [0.2, 0.25) is 5.95 Å². The second-order valence-corrected chi connectivity index (χ2v) is 11.7. The summed E-state index contributed by atoms with van der Waals surface area (Å²) in [6.07, 6.45) is 8.94. The van der Waals surface area contributed by atoms with Gasteiger partial charge in [-0.1, -0.05) is 0 Å². The molecule has 0 unspecified atom stereocenters. The summed E-state index contributed by atoms with van der Waals surface area (Å²) in [5.41, 5.74) is -0.0295. The first-order valence-corrected chi connectivity index (χ1v) is 13.7. The van der Waals surface area contributed by atoms with E-state index in [1.807, 2.05) is 0 Å². The Hall–Kier alpha value is -4.07. The lowest BCUT2D eigenvalue weighted by Gasteiger charge is -2.28. The molecule has 1 amide bonds. The molecule has 0 saturated heterocycles. The van der Waals surface area contributed by atoms with Crippen molar-refractivity contribution in [2.24, 2.45) is 0 Å². The molecule has 0 bridgehead atoms. The lowest BCUT2D eigenvalue weighted by atomic mass is 9.84. The number of nitrogens with zero attached hydrogens (tertiary/aromatic N) is 4. The Labute approximate surface area is 225 Å². The second-order valence-electron chi connectivity index (χ2n) is 10.0. The van der Waals surface area contributed by atoms with E-state index in [1.54, 1.807) is 37.9 Å². The Kier molecular flexibility index (Phi) is 8.14. The number of anilines is 2. The third kappa shape index (κ3) is 7.50. The van der Waals surface area contributed by atoms with Gasteiger partial charge in [-0.3, -0.25) is 0 Å². The van der Waals surface area contributed by atoms with Crippen molar-refractivity contribution < 1.29 is 31.9 Å². The average Bonchev–Trinajstić information content (AvgIpc) is 3.40. The highest BCUT2D eigenvalue weighted by molar-refractivity contribution is 7.90. The van der Waals surface area contributed by atoms with Gasteiger partial charge in [0.05, 0.1) is 10.6 Å². The van der Waals surface area contributed by atoms with Crippen molar-refractivity contribution in [3.8, 4) is 0 Å². The van der Waals surface area contributed by atoms with Crippen LogP contribution in [0.1, 0.15) is 57.9 Å². The number of carbonyl (C=O) groups is 2. The van der Waals surface area contributed by atoms with Crippen LogP contribution in [0, 0.1) is 5.82 Å². The van der Waals surface area contributed by atoms with E-state index < -0.39 is 38.5 Å². The van der Waals surface area contributed by atoms with Crippen molar-refractivity contribution in [3.05, 3.63) is 60.7 Å². The van der Waals surface area contributed by atoms with E-state index in [2.05, 4.69) is 20.3 Å². The molecule has 0 radical (unpaired) electrons. The van der Waals surface area contributed by atoms with Crippen LogP contribution in [-0.2, 0) is 19.5 Å². The highest BCUT2D eigenvalue weighted by Gasteiger charge is 2.26. The van der Waals surface area contributed by atoms with Crippen LogP contribution in [0.3, 0.4) is 0 Å². The summed E-state index contributed by atoms with van der Waals surface area (Å²) >= 11 is 0. The second kappa shape index (κ2) is 11.4. The molecule has 3 aromatic rings. The van der Waals surface area contributed by atoms with Crippen molar-refractivity contribution in [1.29, 1.82) is 0 Å². The van der Waals surface area contributed by atoms with Gasteiger partial charge in [-0.15, -0.1) is 0 Å². The van der Waals surface area contributed by atoms with Crippen LogP contribution in [0.25, 0.3) is 0 Å². The number of sulfonamides is 1. The number of hydrogen-bond acceptors (Lipinski definition) is 10. The lowest BCUT2D eigenvalue weighted by molar-refractivity contribution is 0.0569. The number of halogens is 1. The molecule has 4 rings (SSSR count). The molecule has 0 atom stereocenters. The first-order chi connectivity index (χ1) is 18.4. The van der Waals surface area contributed by atoms with E-state index in [9.17, 15) is 22.4 Å². The van der Waals surface area contributed by atoms with Gasteiger partial charge in [0.15, 0.2) is 0 Å². The summed E-state index contributed by atoms with van der Waals surface area (Å²) < 4.78 is 53.0. The molecule has 208 valence electrons. The Bertz CT molecular complexity index is 1420. The minimum atomic E-state index is -4.34. The Balaban J connectivity index is 1.32. The van der Waals surface area contributed by atoms with Crippen LogP contribution in [0.15, 0.2) is 54.2 Å². The fourth-order valence-electron chi connectivity index (χ4n) is 4.05. The Morgan fingerprint density at radius 2 is 1.79 bits per heavy atom. The van der Waals surface area contributed by atoms with E-state index in [0.717, 1.165) is 30.5 Å². The number of amides is 1. The predicted molar refractivity (Wildman–Crippen MR) is 137 cm³/mol. The maximum absolute atomic E-state index is 14.7. The molecule has 1 saturated carbocycles. The molecule has 2 N–H and O–H groups in total. The van der Waals surface area contributed by atoms with Crippen molar-refractivity contribution in [3.63, 3.8) is 0 Å². The Morgan fingerprint density at radius 3 is 2.38 bits per heavy atom. The van der Waals surface area contributed by atoms with Crippen LogP contribution in [0.5, 0.6) is 0 Å². The smallest absolute Gasteiger partial charge is 0.421 e. The van der Waals surface area contributed by atoms with E-state index >= 15 is 0 Å². The normalized spacial score (nSPS) is 17.7. The van der Waals surface area contributed by atoms with Gasteiger partial charge in [-0.25, -0.2) is 46.6 Å². The minimum absolute atomic E-state index is 0.0424. The molecule has 1 aromatic carbocycles. The van der Waals surface area contributed by atoms with Gasteiger partial charge in [-0.2, -0.15) is 0 Å². The monoisotopic (exact) mass is 560 g/mol. The number of nitrogens with one attached hydrogen (secondary N) is 2. The van der Waals surface area contributed by atoms with E-state index in [0.29, 0.717) is 12.8 Å². The zero-order valence-corrected chi connectivity index (χ0v) is 22.4. The number of ether oxygens (including phenoxy) is 2. The zero-order chi connectivity index (χ0) is 28.2. The highest BCUT2D eigenvalue weighted by Crippen LogP contribution is 2.34. The standard InChI is InChI=1S/C25H29FN6O6S/c1-25(2,3)38-23(33)31-39(35,36)19-8-9-21(20(26)12-19)30-22-28-13-17(14-29-22)16-4-6-18(7-5-16)37-24(34)32-11-10-27-15-32/h8-16,18H,4-7H2,1-3H3,(H,31,33)(H,28,29,30). The third-order valence-corrected chi connectivity index (χ3v) is 7.22. The quantitative estimate of drug-likeness (QED) is 0.441. The largest absolute Gasteiger partial charge is 0.446 e. The van der Waals surface area contributed by atoms with Gasteiger partial charge >= 0.3 is 12.2 Å². The van der Waals surface area contributed by atoms with Crippen LogP contribution < -0.4 is 10.0 Å². The number of aromatic nitrogens is 4. The molecule has 39 heavy (non-hydrogen) atoms. The molecule has 1 aliphatic carbocycles. The molecule has 1 aliphatic rings. The maximum Gasteiger partial charge on any atom is 0.421 e. The summed E-state index contributed by atoms with van der Waals surface area (Å²) in [5, 5.41) is 2.73. The summed E-state index contributed by atoms with van der Waals surface area (Å²) in [6, 6.07) is 3.13. The van der Waals surface area contributed by atoms with Gasteiger partial charge in [0.1, 0.15) is 23.8 Å². The number of rotatable bonds is 6. The molecular weight excluding hydrogens is 531 g/mol. The number of benzene rings is 1.